The average molecular weight is 337 g/mol. The van der Waals surface area contributed by atoms with E-state index < -0.39 is 0 Å². The molecule has 0 fully saturated rings. The molecular formula is C20H23N3O2. The highest BCUT2D eigenvalue weighted by Gasteiger charge is 2.30. The van der Waals surface area contributed by atoms with Gasteiger partial charge in [0.05, 0.1) is 5.69 Å². The zero-order chi connectivity index (χ0) is 18.0. The van der Waals surface area contributed by atoms with Crippen molar-refractivity contribution in [1.29, 1.82) is 0 Å². The van der Waals surface area contributed by atoms with Gasteiger partial charge in [-0.3, -0.25) is 4.79 Å². The summed E-state index contributed by atoms with van der Waals surface area (Å²) in [4.78, 5) is 16.7. The fourth-order valence-electron chi connectivity index (χ4n) is 2.67. The number of anilines is 2. The smallest absolute Gasteiger partial charge is 0.294 e. The molecule has 0 spiro atoms. The number of carbonyl (C=O) groups is 1. The third kappa shape index (κ3) is 3.83. The van der Waals surface area contributed by atoms with Gasteiger partial charge >= 0.3 is 0 Å². The predicted molar refractivity (Wildman–Crippen MR) is 102 cm³/mol. The summed E-state index contributed by atoms with van der Waals surface area (Å²) < 4.78 is 5.87. The first-order valence-corrected chi connectivity index (χ1v) is 8.26. The number of nitrogen functional groups attached to an aromatic ring is 1. The topological polar surface area (TPSA) is 58.8 Å². The van der Waals surface area contributed by atoms with Gasteiger partial charge in [-0.25, -0.2) is 0 Å². The Hall–Kier alpha value is -2.79. The molecule has 2 aromatic rings. The summed E-state index contributed by atoms with van der Waals surface area (Å²) in [5.74, 6) is 0.775. The first-order chi connectivity index (χ1) is 11.9. The Bertz CT molecular complexity index is 810. The van der Waals surface area contributed by atoms with E-state index >= 15 is 0 Å². The maximum atomic E-state index is 12.9. The van der Waals surface area contributed by atoms with Gasteiger partial charge in [-0.2, -0.15) is 0 Å². The lowest BCUT2D eigenvalue weighted by Crippen LogP contribution is -2.41. The second kappa shape index (κ2) is 6.99. The van der Waals surface area contributed by atoms with Crippen molar-refractivity contribution >= 4 is 23.4 Å². The van der Waals surface area contributed by atoms with Gasteiger partial charge in [0.1, 0.15) is 0 Å². The number of likely N-dealkylation sites (N-methyl/N-ethyl adjacent to an activating group) is 1. The molecule has 2 N–H and O–H groups in total. The van der Waals surface area contributed by atoms with E-state index in [9.17, 15) is 4.79 Å². The summed E-state index contributed by atoms with van der Waals surface area (Å²) in [5.41, 5.74) is 9.34. The number of nitrogens with two attached hydrogens (primary N) is 1. The molecule has 5 heteroatoms. The molecule has 2 aromatic carbocycles. The molecule has 0 aromatic heterocycles. The van der Waals surface area contributed by atoms with E-state index in [1.165, 1.54) is 5.56 Å². The van der Waals surface area contributed by atoms with E-state index in [0.29, 0.717) is 23.7 Å². The van der Waals surface area contributed by atoms with E-state index in [0.717, 1.165) is 17.8 Å². The van der Waals surface area contributed by atoms with Crippen LogP contribution in [0.15, 0.2) is 48.2 Å². The SMILES string of the molecule is Cc1ccc(/C=C2/Oc3cc(N)ccc3N(CCN(C)C)C2=O)cc1. The van der Waals surface area contributed by atoms with E-state index in [2.05, 4.69) is 0 Å². The van der Waals surface area contributed by atoms with Gasteiger partial charge < -0.3 is 20.3 Å². The Morgan fingerprint density at radius 2 is 1.88 bits per heavy atom. The number of rotatable bonds is 4. The number of amides is 1. The number of aryl methyl sites for hydroxylation is 1. The zero-order valence-corrected chi connectivity index (χ0v) is 14.8. The quantitative estimate of drug-likeness (QED) is 0.688. The van der Waals surface area contributed by atoms with Crippen LogP contribution in [0.4, 0.5) is 11.4 Å². The van der Waals surface area contributed by atoms with Crippen LogP contribution in [0.25, 0.3) is 6.08 Å². The fourth-order valence-corrected chi connectivity index (χ4v) is 2.67. The lowest BCUT2D eigenvalue weighted by atomic mass is 10.1. The fraction of sp³-hybridized carbons (Fsp3) is 0.250. The first-order valence-electron chi connectivity index (χ1n) is 8.26. The summed E-state index contributed by atoms with van der Waals surface area (Å²) in [7, 11) is 3.97. The van der Waals surface area contributed by atoms with Gasteiger partial charge in [0, 0.05) is 24.8 Å². The van der Waals surface area contributed by atoms with Crippen molar-refractivity contribution in [1.82, 2.24) is 4.90 Å². The molecule has 0 radical (unpaired) electrons. The Morgan fingerprint density at radius 3 is 2.56 bits per heavy atom. The van der Waals surface area contributed by atoms with Crippen LogP contribution in [0, 0.1) is 6.92 Å². The summed E-state index contributed by atoms with van der Waals surface area (Å²) in [6, 6.07) is 13.3. The monoisotopic (exact) mass is 337 g/mol. The number of benzene rings is 2. The molecule has 1 aliphatic heterocycles. The summed E-state index contributed by atoms with van der Waals surface area (Å²) >= 11 is 0. The van der Waals surface area contributed by atoms with Crippen LogP contribution in [0.1, 0.15) is 11.1 Å². The van der Waals surface area contributed by atoms with Crippen molar-refractivity contribution in [2.24, 2.45) is 0 Å². The van der Waals surface area contributed by atoms with Crippen LogP contribution in [0.3, 0.4) is 0 Å². The Morgan fingerprint density at radius 1 is 1.16 bits per heavy atom. The van der Waals surface area contributed by atoms with Crippen molar-refractivity contribution in [3.8, 4) is 5.75 Å². The predicted octanol–water partition coefficient (Wildman–Crippen LogP) is 2.91. The van der Waals surface area contributed by atoms with Crippen molar-refractivity contribution in [3.63, 3.8) is 0 Å². The molecule has 130 valence electrons. The molecule has 25 heavy (non-hydrogen) atoms. The molecule has 5 nitrogen and oxygen atoms in total. The second-order valence-electron chi connectivity index (χ2n) is 6.51. The highest BCUT2D eigenvalue weighted by molar-refractivity contribution is 6.10. The van der Waals surface area contributed by atoms with Gasteiger partial charge in [-0.05, 0) is 44.8 Å². The van der Waals surface area contributed by atoms with Crippen LogP contribution >= 0.6 is 0 Å². The number of hydrogen-bond donors (Lipinski definition) is 1. The number of carbonyl (C=O) groups excluding carboxylic acids is 1. The minimum atomic E-state index is -0.139. The Balaban J connectivity index is 1.98. The first kappa shape index (κ1) is 17.0. The molecule has 0 saturated heterocycles. The molecule has 0 atom stereocenters. The summed E-state index contributed by atoms with van der Waals surface area (Å²) in [6.07, 6.45) is 1.77. The molecule has 3 rings (SSSR count). The average Bonchev–Trinajstić information content (AvgIpc) is 2.57. The van der Waals surface area contributed by atoms with Gasteiger partial charge in [0.25, 0.3) is 5.91 Å². The molecule has 0 unspecified atom stereocenters. The Kier molecular flexibility index (Phi) is 4.76. The van der Waals surface area contributed by atoms with E-state index in [1.54, 1.807) is 23.1 Å². The second-order valence-corrected chi connectivity index (χ2v) is 6.51. The van der Waals surface area contributed by atoms with Crippen molar-refractivity contribution in [2.75, 3.05) is 37.8 Å². The number of fused-ring (bicyclic) bond motifs is 1. The third-order valence-corrected chi connectivity index (χ3v) is 4.10. The van der Waals surface area contributed by atoms with Gasteiger partial charge in [0.2, 0.25) is 0 Å². The number of hydrogen-bond acceptors (Lipinski definition) is 4. The van der Waals surface area contributed by atoms with Crippen LogP contribution < -0.4 is 15.4 Å². The van der Waals surface area contributed by atoms with Crippen LogP contribution in [-0.2, 0) is 4.79 Å². The highest BCUT2D eigenvalue weighted by atomic mass is 16.5. The minimum Gasteiger partial charge on any atom is -0.449 e. The van der Waals surface area contributed by atoms with E-state index in [1.807, 2.05) is 56.3 Å². The van der Waals surface area contributed by atoms with Crippen molar-refractivity contribution in [3.05, 3.63) is 59.4 Å². The Labute approximate surface area is 148 Å². The van der Waals surface area contributed by atoms with Crippen LogP contribution in [-0.4, -0.2) is 38.0 Å². The van der Waals surface area contributed by atoms with Crippen LogP contribution in [0.5, 0.6) is 5.75 Å². The van der Waals surface area contributed by atoms with E-state index in [4.69, 9.17) is 10.5 Å². The van der Waals surface area contributed by atoms with Crippen molar-refractivity contribution < 1.29 is 9.53 Å². The minimum absolute atomic E-state index is 0.139. The van der Waals surface area contributed by atoms with E-state index in [-0.39, 0.29) is 5.91 Å². The molecule has 0 saturated carbocycles. The number of ether oxygens (including phenoxy) is 1. The zero-order valence-electron chi connectivity index (χ0n) is 14.8. The standard InChI is InChI=1S/C20H23N3O2/c1-14-4-6-15(7-5-14)12-19-20(24)23(11-10-22(2)3)17-9-8-16(21)13-18(17)25-19/h4-9,12-13H,10-11,21H2,1-3H3/b19-12+. The molecule has 1 aliphatic rings. The maximum Gasteiger partial charge on any atom is 0.294 e. The molecule has 1 amide bonds. The highest BCUT2D eigenvalue weighted by Crippen LogP contribution is 2.37. The largest absolute Gasteiger partial charge is 0.449 e. The van der Waals surface area contributed by atoms with Gasteiger partial charge in [-0.15, -0.1) is 0 Å². The van der Waals surface area contributed by atoms with Gasteiger partial charge in [0.15, 0.2) is 11.5 Å². The summed E-state index contributed by atoms with van der Waals surface area (Å²) in [6.45, 7) is 3.37. The summed E-state index contributed by atoms with van der Waals surface area (Å²) in [5, 5.41) is 0. The molecule has 1 heterocycles. The normalized spacial score (nSPS) is 15.4. The lowest BCUT2D eigenvalue weighted by Gasteiger charge is -2.31. The maximum absolute atomic E-state index is 12.9. The molecular weight excluding hydrogens is 314 g/mol. The van der Waals surface area contributed by atoms with Gasteiger partial charge in [-0.1, -0.05) is 29.8 Å². The number of nitrogens with zero attached hydrogens (tertiary/aromatic N) is 2. The lowest BCUT2D eigenvalue weighted by molar-refractivity contribution is -0.117. The molecule has 0 bridgehead atoms. The molecule has 0 aliphatic carbocycles. The van der Waals surface area contributed by atoms with Crippen molar-refractivity contribution in [2.45, 2.75) is 6.92 Å². The van der Waals surface area contributed by atoms with Crippen LogP contribution in [0.2, 0.25) is 0 Å². The third-order valence-electron chi connectivity index (χ3n) is 4.10.